The van der Waals surface area contributed by atoms with Crippen LogP contribution >= 0.6 is 11.8 Å². The lowest BCUT2D eigenvalue weighted by atomic mass is 10.2. The molecule has 0 bridgehead atoms. The molecule has 0 aromatic carbocycles. The van der Waals surface area contributed by atoms with E-state index in [2.05, 4.69) is 11.6 Å². The highest BCUT2D eigenvalue weighted by Gasteiger charge is 2.34. The van der Waals surface area contributed by atoms with Gasteiger partial charge in [-0.2, -0.15) is 11.8 Å². The number of nitrogens with zero attached hydrogens (tertiary/aromatic N) is 1. The number of rotatable bonds is 5. The molecule has 0 spiro atoms. The third-order valence-corrected chi connectivity index (χ3v) is 5.95. The highest BCUT2D eigenvalue weighted by molar-refractivity contribution is 7.99. The normalized spacial score (nSPS) is 27.6. The molecule has 3 atom stereocenters. The van der Waals surface area contributed by atoms with Crippen LogP contribution in [0.15, 0.2) is 16.5 Å². The van der Waals surface area contributed by atoms with Gasteiger partial charge in [0.05, 0.1) is 6.04 Å². The fourth-order valence-corrected chi connectivity index (χ4v) is 4.44. The molecule has 6 heteroatoms. The summed E-state index contributed by atoms with van der Waals surface area (Å²) in [7, 11) is 1.65. The van der Waals surface area contributed by atoms with E-state index in [0.29, 0.717) is 17.9 Å². The molecule has 1 saturated heterocycles. The molecular formula is C17H26N2O3S. The van der Waals surface area contributed by atoms with Gasteiger partial charge in [-0.3, -0.25) is 0 Å². The summed E-state index contributed by atoms with van der Waals surface area (Å²) < 4.78 is 10.9. The molecule has 0 unspecified atom stereocenters. The van der Waals surface area contributed by atoms with Crippen molar-refractivity contribution < 1.29 is 13.9 Å². The van der Waals surface area contributed by atoms with Crippen LogP contribution in [0.2, 0.25) is 0 Å². The highest BCUT2D eigenvalue weighted by atomic mass is 32.2. The number of hydrogen-bond acceptors (Lipinski definition) is 4. The lowest BCUT2D eigenvalue weighted by Gasteiger charge is -2.25. The number of thioether (sulfide) groups is 1. The predicted molar refractivity (Wildman–Crippen MR) is 91.6 cm³/mol. The Bertz CT molecular complexity index is 534. The van der Waals surface area contributed by atoms with Crippen LogP contribution < -0.4 is 5.32 Å². The fourth-order valence-electron chi connectivity index (χ4n) is 3.64. The number of ether oxygens (including phenoxy) is 1. The lowest BCUT2D eigenvalue weighted by molar-refractivity contribution is 0.155. The Morgan fingerprint density at radius 2 is 2.30 bits per heavy atom. The van der Waals surface area contributed by atoms with E-state index in [9.17, 15) is 4.79 Å². The molecule has 1 aromatic heterocycles. The predicted octanol–water partition coefficient (Wildman–Crippen LogP) is 3.56. The molecule has 1 N–H and O–H groups in total. The van der Waals surface area contributed by atoms with Crippen LogP contribution in [0.1, 0.15) is 49.7 Å². The van der Waals surface area contributed by atoms with Crippen molar-refractivity contribution in [3.05, 3.63) is 23.7 Å². The Labute approximate surface area is 142 Å². The molecule has 2 heterocycles. The van der Waals surface area contributed by atoms with E-state index in [0.717, 1.165) is 43.7 Å². The second-order valence-electron chi connectivity index (χ2n) is 6.41. The molecule has 2 aliphatic rings. The maximum Gasteiger partial charge on any atom is 0.318 e. The molecule has 3 rings (SSSR count). The topological polar surface area (TPSA) is 54.7 Å². The van der Waals surface area contributed by atoms with Gasteiger partial charge in [0, 0.05) is 24.9 Å². The molecule has 1 aliphatic carbocycles. The van der Waals surface area contributed by atoms with Gasteiger partial charge in [-0.15, -0.1) is 0 Å². The number of methoxy groups -OCH3 is 1. The molecular weight excluding hydrogens is 312 g/mol. The Morgan fingerprint density at radius 1 is 1.43 bits per heavy atom. The van der Waals surface area contributed by atoms with Gasteiger partial charge < -0.3 is 19.4 Å². The van der Waals surface area contributed by atoms with Gasteiger partial charge in [0.2, 0.25) is 0 Å². The van der Waals surface area contributed by atoms with Crippen LogP contribution in [0.4, 0.5) is 4.79 Å². The molecule has 2 amide bonds. The van der Waals surface area contributed by atoms with Gasteiger partial charge in [-0.25, -0.2) is 4.79 Å². The maximum absolute atomic E-state index is 12.7. The molecule has 23 heavy (non-hydrogen) atoms. The first kappa shape index (κ1) is 16.7. The monoisotopic (exact) mass is 338 g/mol. The van der Waals surface area contributed by atoms with Crippen LogP contribution in [0.5, 0.6) is 0 Å². The number of carbonyl (C=O) groups excluding carboxylic acids is 1. The summed E-state index contributed by atoms with van der Waals surface area (Å²) in [5, 5.41) is 3.92. The van der Waals surface area contributed by atoms with Crippen molar-refractivity contribution in [2.75, 3.05) is 19.9 Å². The zero-order chi connectivity index (χ0) is 16.2. The smallest absolute Gasteiger partial charge is 0.318 e. The standard InChI is InChI=1S/C17H26N2O3S/c1-21-11-13-6-8-16(22-13)15-4-3-9-19(15)17(20)18-12-5-7-14(10-12)23-2/h6,8,12,14-15H,3-5,7,9-11H2,1-2H3,(H,18,20)/t12-,14-,15+/m1/s1. The Morgan fingerprint density at radius 3 is 3.04 bits per heavy atom. The summed E-state index contributed by atoms with van der Waals surface area (Å²) in [6.45, 7) is 1.27. The number of furan rings is 1. The zero-order valence-electron chi connectivity index (χ0n) is 13.9. The Hall–Kier alpha value is -1.14. The molecule has 1 aromatic rings. The summed E-state index contributed by atoms with van der Waals surface area (Å²) in [6.07, 6.45) is 7.52. The molecule has 0 radical (unpaired) electrons. The summed E-state index contributed by atoms with van der Waals surface area (Å²) in [5.41, 5.74) is 0. The first-order valence-electron chi connectivity index (χ1n) is 8.38. The average Bonchev–Trinajstić information content (AvgIpc) is 3.27. The minimum absolute atomic E-state index is 0.0540. The number of nitrogens with one attached hydrogen (secondary N) is 1. The van der Waals surface area contributed by atoms with Crippen molar-refractivity contribution in [2.24, 2.45) is 0 Å². The van der Waals surface area contributed by atoms with Gasteiger partial charge >= 0.3 is 6.03 Å². The van der Waals surface area contributed by atoms with Crippen LogP contribution in [-0.2, 0) is 11.3 Å². The van der Waals surface area contributed by atoms with E-state index >= 15 is 0 Å². The number of likely N-dealkylation sites (tertiary alicyclic amines) is 1. The third kappa shape index (κ3) is 3.86. The number of hydrogen-bond donors (Lipinski definition) is 1. The summed E-state index contributed by atoms with van der Waals surface area (Å²) >= 11 is 1.91. The van der Waals surface area contributed by atoms with E-state index in [-0.39, 0.29) is 12.1 Å². The Kier molecular flexibility index (Phi) is 5.54. The van der Waals surface area contributed by atoms with Crippen molar-refractivity contribution in [2.45, 2.75) is 56.0 Å². The van der Waals surface area contributed by atoms with Crippen LogP contribution in [0, 0.1) is 0 Å². The zero-order valence-corrected chi connectivity index (χ0v) is 14.7. The van der Waals surface area contributed by atoms with E-state index in [1.807, 2.05) is 28.8 Å². The molecule has 5 nitrogen and oxygen atoms in total. The van der Waals surface area contributed by atoms with E-state index in [4.69, 9.17) is 9.15 Å². The quantitative estimate of drug-likeness (QED) is 0.892. The lowest BCUT2D eigenvalue weighted by Crippen LogP contribution is -2.43. The average molecular weight is 338 g/mol. The second kappa shape index (κ2) is 7.62. The van der Waals surface area contributed by atoms with Crippen molar-refractivity contribution >= 4 is 17.8 Å². The van der Waals surface area contributed by atoms with E-state index in [1.165, 1.54) is 6.42 Å². The van der Waals surface area contributed by atoms with Crippen molar-refractivity contribution in [3.8, 4) is 0 Å². The summed E-state index contributed by atoms with van der Waals surface area (Å²) in [4.78, 5) is 14.6. The number of amides is 2. The van der Waals surface area contributed by atoms with Crippen molar-refractivity contribution in [3.63, 3.8) is 0 Å². The first-order valence-corrected chi connectivity index (χ1v) is 9.67. The van der Waals surface area contributed by atoms with Gasteiger partial charge in [-0.1, -0.05) is 0 Å². The SMILES string of the molecule is COCc1ccc([C@@H]2CCCN2C(=O)N[C@@H]2CC[C@@H](SC)C2)o1. The minimum Gasteiger partial charge on any atom is -0.461 e. The van der Waals surface area contributed by atoms with Crippen LogP contribution in [0.25, 0.3) is 0 Å². The largest absolute Gasteiger partial charge is 0.461 e. The summed E-state index contributed by atoms with van der Waals surface area (Å²) in [6, 6.07) is 4.35. The van der Waals surface area contributed by atoms with Crippen LogP contribution in [0.3, 0.4) is 0 Å². The first-order chi connectivity index (χ1) is 11.2. The molecule has 2 fully saturated rings. The second-order valence-corrected chi connectivity index (χ2v) is 7.54. The van der Waals surface area contributed by atoms with Gasteiger partial charge in [-0.05, 0) is 50.5 Å². The fraction of sp³-hybridized carbons (Fsp3) is 0.706. The number of urea groups is 1. The van der Waals surface area contributed by atoms with E-state index in [1.54, 1.807) is 7.11 Å². The summed E-state index contributed by atoms with van der Waals surface area (Å²) in [5.74, 6) is 1.69. The van der Waals surface area contributed by atoms with Crippen molar-refractivity contribution in [1.82, 2.24) is 10.2 Å². The molecule has 128 valence electrons. The maximum atomic E-state index is 12.7. The minimum atomic E-state index is 0.0540. The molecule has 1 saturated carbocycles. The van der Waals surface area contributed by atoms with Gasteiger partial charge in [0.15, 0.2) is 0 Å². The van der Waals surface area contributed by atoms with Gasteiger partial charge in [0.1, 0.15) is 18.1 Å². The van der Waals surface area contributed by atoms with Gasteiger partial charge in [0.25, 0.3) is 0 Å². The molecule has 1 aliphatic heterocycles. The highest BCUT2D eigenvalue weighted by Crippen LogP contribution is 2.34. The van der Waals surface area contributed by atoms with Crippen molar-refractivity contribution in [1.29, 1.82) is 0 Å². The van der Waals surface area contributed by atoms with E-state index < -0.39 is 0 Å². The van der Waals surface area contributed by atoms with Crippen LogP contribution in [-0.4, -0.2) is 42.1 Å². The number of carbonyl (C=O) groups is 1. The Balaban J connectivity index is 1.60. The third-order valence-electron chi connectivity index (χ3n) is 4.86.